The maximum Gasteiger partial charge on any atom is 0.338 e. The number of fused-ring (bicyclic) bond motifs is 1. The molecule has 0 saturated heterocycles. The molecule has 0 unspecified atom stereocenters. The Hall–Kier alpha value is -2.71. The second kappa shape index (κ2) is 10.7. The van der Waals surface area contributed by atoms with Crippen molar-refractivity contribution in [2.45, 2.75) is 40.3 Å². The first-order chi connectivity index (χ1) is 16.4. The van der Waals surface area contributed by atoms with Crippen molar-refractivity contribution in [3.63, 3.8) is 0 Å². The number of allylic oxidation sites excluding steroid dienone is 1. The fraction of sp³-hybridized carbons (Fsp3) is 0.308. The molecule has 0 fully saturated rings. The van der Waals surface area contributed by atoms with Crippen molar-refractivity contribution in [1.82, 2.24) is 4.90 Å². The van der Waals surface area contributed by atoms with Gasteiger partial charge in [-0.1, -0.05) is 57.5 Å². The van der Waals surface area contributed by atoms with Crippen LogP contribution in [-0.2, 0) is 16.1 Å². The van der Waals surface area contributed by atoms with Crippen LogP contribution in [0.25, 0.3) is 0 Å². The Labute approximate surface area is 212 Å². The van der Waals surface area contributed by atoms with Crippen LogP contribution in [0.15, 0.2) is 68.7 Å². The van der Waals surface area contributed by atoms with Crippen LogP contribution in [0.1, 0.15) is 43.5 Å². The van der Waals surface area contributed by atoms with Gasteiger partial charge in [-0.25, -0.2) is 9.79 Å². The highest BCUT2D eigenvalue weighted by Gasteiger charge is 2.39. The fourth-order valence-corrected chi connectivity index (χ4v) is 5.19. The molecule has 0 N–H and O–H groups in total. The Morgan fingerprint density at radius 1 is 1.09 bits per heavy atom. The third-order valence-corrected chi connectivity index (χ3v) is 6.95. The van der Waals surface area contributed by atoms with E-state index in [1.165, 1.54) is 17.3 Å². The standard InChI is InChI=1S/C26H27BrN2O4S/c1-5-31-21-13-19(20(27)14-22(21)33-15-18-9-7-16(3)8-10-18)24-23(25(30)32-6-2)17(4)28-26-29(24)11-12-34-26/h7-14,24H,5-6,15H2,1-4H3/t24-/m1/s1. The zero-order chi connectivity index (χ0) is 24.2. The van der Waals surface area contributed by atoms with Crippen molar-refractivity contribution in [1.29, 1.82) is 0 Å². The number of hydrogen-bond donors (Lipinski definition) is 0. The Morgan fingerprint density at radius 3 is 2.53 bits per heavy atom. The largest absolute Gasteiger partial charge is 0.490 e. The number of carbonyl (C=O) groups is 1. The number of thioether (sulfide) groups is 1. The van der Waals surface area contributed by atoms with Gasteiger partial charge in [0.15, 0.2) is 16.7 Å². The molecule has 4 rings (SSSR count). The van der Waals surface area contributed by atoms with E-state index in [9.17, 15) is 4.79 Å². The van der Waals surface area contributed by atoms with Gasteiger partial charge in [0.05, 0.1) is 30.5 Å². The predicted octanol–water partition coefficient (Wildman–Crippen LogP) is 6.50. The summed E-state index contributed by atoms with van der Waals surface area (Å²) in [4.78, 5) is 19.6. The van der Waals surface area contributed by atoms with Gasteiger partial charge >= 0.3 is 5.97 Å². The van der Waals surface area contributed by atoms with E-state index in [0.29, 0.717) is 42.6 Å². The molecule has 178 valence electrons. The summed E-state index contributed by atoms with van der Waals surface area (Å²) in [5, 5.41) is 2.78. The molecule has 6 nitrogen and oxygen atoms in total. The van der Waals surface area contributed by atoms with E-state index in [1.807, 2.05) is 42.5 Å². The SMILES string of the molecule is CCOC(=O)C1=C(C)N=C2SC=CN2[C@@H]1c1cc(OCC)c(OCc2ccc(C)cc2)cc1Br. The minimum atomic E-state index is -0.405. The van der Waals surface area contributed by atoms with Crippen LogP contribution in [0.2, 0.25) is 0 Å². The van der Waals surface area contributed by atoms with Gasteiger partial charge in [0.2, 0.25) is 0 Å². The number of halogens is 1. The summed E-state index contributed by atoms with van der Waals surface area (Å²) < 4.78 is 18.3. The minimum Gasteiger partial charge on any atom is -0.490 e. The van der Waals surface area contributed by atoms with Gasteiger partial charge in [0.25, 0.3) is 0 Å². The maximum absolute atomic E-state index is 13.0. The van der Waals surface area contributed by atoms with Gasteiger partial charge in [0.1, 0.15) is 6.61 Å². The molecule has 0 spiro atoms. The number of amidine groups is 1. The van der Waals surface area contributed by atoms with E-state index in [2.05, 4.69) is 52.1 Å². The molecule has 34 heavy (non-hydrogen) atoms. The number of benzene rings is 2. The number of nitrogens with zero attached hydrogens (tertiary/aromatic N) is 2. The lowest BCUT2D eigenvalue weighted by molar-refractivity contribution is -0.139. The zero-order valence-electron chi connectivity index (χ0n) is 19.6. The normalized spacial score (nSPS) is 16.9. The van der Waals surface area contributed by atoms with Gasteiger partial charge < -0.3 is 19.1 Å². The number of ether oxygens (including phenoxy) is 3. The summed E-state index contributed by atoms with van der Waals surface area (Å²) >= 11 is 5.25. The van der Waals surface area contributed by atoms with Crippen molar-refractivity contribution >= 4 is 38.8 Å². The van der Waals surface area contributed by atoms with E-state index in [0.717, 1.165) is 20.8 Å². The minimum absolute atomic E-state index is 0.292. The number of esters is 1. The first-order valence-corrected chi connectivity index (χ1v) is 12.8. The molecule has 1 atom stereocenters. The summed E-state index contributed by atoms with van der Waals surface area (Å²) in [6.45, 7) is 8.84. The molecule has 0 aromatic heterocycles. The van der Waals surface area contributed by atoms with E-state index in [-0.39, 0.29) is 5.97 Å². The Morgan fingerprint density at radius 2 is 1.82 bits per heavy atom. The van der Waals surface area contributed by atoms with Crippen LogP contribution < -0.4 is 9.47 Å². The lowest BCUT2D eigenvalue weighted by Crippen LogP contribution is -2.34. The second-order valence-corrected chi connectivity index (χ2v) is 9.58. The summed E-state index contributed by atoms with van der Waals surface area (Å²) in [5.41, 5.74) is 4.30. The van der Waals surface area contributed by atoms with E-state index < -0.39 is 6.04 Å². The molecular formula is C26H27BrN2O4S. The van der Waals surface area contributed by atoms with Crippen LogP contribution >= 0.6 is 27.7 Å². The third-order valence-electron chi connectivity index (χ3n) is 5.49. The summed E-state index contributed by atoms with van der Waals surface area (Å²) in [6, 6.07) is 11.7. The highest BCUT2D eigenvalue weighted by atomic mass is 79.9. The highest BCUT2D eigenvalue weighted by Crippen LogP contribution is 2.46. The van der Waals surface area contributed by atoms with Crippen molar-refractivity contribution in [2.75, 3.05) is 13.2 Å². The number of aliphatic imine (C=N–C) groups is 1. The quantitative estimate of drug-likeness (QED) is 0.354. The molecule has 2 aromatic carbocycles. The molecule has 0 aliphatic carbocycles. The van der Waals surface area contributed by atoms with Crippen molar-refractivity contribution in [3.8, 4) is 11.5 Å². The zero-order valence-corrected chi connectivity index (χ0v) is 22.0. The van der Waals surface area contributed by atoms with Crippen molar-refractivity contribution in [3.05, 3.63) is 80.4 Å². The Bertz CT molecular complexity index is 1170. The van der Waals surface area contributed by atoms with Gasteiger partial charge in [-0.3, -0.25) is 0 Å². The Balaban J connectivity index is 1.73. The topological polar surface area (TPSA) is 60.4 Å². The van der Waals surface area contributed by atoms with Crippen LogP contribution in [0, 0.1) is 6.92 Å². The van der Waals surface area contributed by atoms with Gasteiger partial charge in [-0.15, -0.1) is 0 Å². The van der Waals surface area contributed by atoms with E-state index in [1.54, 1.807) is 6.92 Å². The maximum atomic E-state index is 13.0. The lowest BCUT2D eigenvalue weighted by atomic mass is 9.94. The number of rotatable bonds is 8. The number of aryl methyl sites for hydroxylation is 1. The van der Waals surface area contributed by atoms with E-state index >= 15 is 0 Å². The molecule has 8 heteroatoms. The van der Waals surface area contributed by atoms with Crippen LogP contribution in [0.5, 0.6) is 11.5 Å². The molecule has 2 heterocycles. The first-order valence-electron chi connectivity index (χ1n) is 11.2. The molecule has 0 radical (unpaired) electrons. The highest BCUT2D eigenvalue weighted by molar-refractivity contribution is 9.10. The van der Waals surface area contributed by atoms with Crippen LogP contribution in [0.3, 0.4) is 0 Å². The summed E-state index contributed by atoms with van der Waals surface area (Å²) in [5.74, 6) is 0.878. The van der Waals surface area contributed by atoms with Crippen LogP contribution in [0.4, 0.5) is 0 Å². The van der Waals surface area contributed by atoms with Crippen LogP contribution in [-0.4, -0.2) is 29.3 Å². The van der Waals surface area contributed by atoms with Gasteiger partial charge in [-0.05, 0) is 56.4 Å². The summed E-state index contributed by atoms with van der Waals surface area (Å²) in [7, 11) is 0. The lowest BCUT2D eigenvalue weighted by Gasteiger charge is -2.34. The monoisotopic (exact) mass is 542 g/mol. The molecule has 0 bridgehead atoms. The predicted molar refractivity (Wildman–Crippen MR) is 139 cm³/mol. The summed E-state index contributed by atoms with van der Waals surface area (Å²) in [6.07, 6.45) is 1.94. The molecule has 0 saturated carbocycles. The average molecular weight is 543 g/mol. The third kappa shape index (κ3) is 5.03. The number of carbonyl (C=O) groups excluding carboxylic acids is 1. The molecule has 2 aliphatic rings. The van der Waals surface area contributed by atoms with Crippen molar-refractivity contribution in [2.24, 2.45) is 4.99 Å². The average Bonchev–Trinajstić information content (AvgIpc) is 3.27. The van der Waals surface area contributed by atoms with E-state index in [4.69, 9.17) is 14.2 Å². The van der Waals surface area contributed by atoms with Gasteiger partial charge in [-0.2, -0.15) is 0 Å². The van der Waals surface area contributed by atoms with Crippen molar-refractivity contribution < 1.29 is 19.0 Å². The molecule has 2 aliphatic heterocycles. The molecule has 2 aromatic rings. The molecular weight excluding hydrogens is 516 g/mol. The smallest absolute Gasteiger partial charge is 0.338 e. The second-order valence-electron chi connectivity index (χ2n) is 7.85. The molecule has 0 amide bonds. The Kier molecular flexibility index (Phi) is 7.68. The first kappa shape index (κ1) is 24.4. The van der Waals surface area contributed by atoms with Gasteiger partial charge in [0, 0.05) is 10.7 Å². The fourth-order valence-electron chi connectivity index (χ4n) is 3.86. The number of hydrogen-bond acceptors (Lipinski definition) is 7.